The summed E-state index contributed by atoms with van der Waals surface area (Å²) in [5.41, 5.74) is 5.42. The Bertz CT molecular complexity index is 897. The van der Waals surface area contributed by atoms with Crippen LogP contribution in [0, 0.1) is 13.8 Å². The van der Waals surface area contributed by atoms with Gasteiger partial charge in [0.05, 0.1) is 11.7 Å². The van der Waals surface area contributed by atoms with E-state index in [4.69, 9.17) is 9.98 Å². The topological polar surface area (TPSA) is 33.4 Å². The van der Waals surface area contributed by atoms with Gasteiger partial charge < -0.3 is 9.47 Å². The Hall–Kier alpha value is -1.75. The van der Waals surface area contributed by atoms with Crippen LogP contribution in [-0.2, 0) is 0 Å². The first-order chi connectivity index (χ1) is 14.2. The largest absolute Gasteiger partial charge is 0.346 e. The fraction of sp³-hybridized carbons (Fsp3) is 0.583. The van der Waals surface area contributed by atoms with Gasteiger partial charge in [-0.25, -0.2) is 0 Å². The summed E-state index contributed by atoms with van der Waals surface area (Å²) in [5, 5.41) is 1.22. The fourth-order valence-electron chi connectivity index (χ4n) is 5.69. The molecule has 1 saturated heterocycles. The lowest BCUT2D eigenvalue weighted by molar-refractivity contribution is 0.253. The minimum Gasteiger partial charge on any atom is -0.346 e. The highest BCUT2D eigenvalue weighted by Crippen LogP contribution is 2.50. The lowest BCUT2D eigenvalue weighted by atomic mass is 9.94. The van der Waals surface area contributed by atoms with Gasteiger partial charge in [0.25, 0.3) is 0 Å². The third kappa shape index (κ3) is 3.22. The second-order valence-electron chi connectivity index (χ2n) is 8.82. The SMILES string of the molecule is CC[C@@H]1CSC2=N[C@H](c3ccccn3)[C@@H](c3cc(C)n(C4CCCCC4)c3C)N21. The number of thioether (sulfide) groups is 1. The van der Waals surface area contributed by atoms with Crippen molar-refractivity contribution in [1.29, 1.82) is 0 Å². The highest BCUT2D eigenvalue weighted by molar-refractivity contribution is 8.14. The number of aryl methyl sites for hydroxylation is 1. The molecule has 5 heteroatoms. The standard InChI is InChI=1S/C24H32N4S/c1-4-18-15-29-24-26-22(21-12-8-9-13-25-21)23(28(18)24)20-14-16(2)27(17(20)3)19-10-6-5-7-11-19/h8-9,12-14,18-19,22-23H,4-7,10-11,15H2,1-3H3/t18-,22-,23-/m1/s1. The van der Waals surface area contributed by atoms with Crippen LogP contribution in [0.2, 0.25) is 0 Å². The lowest BCUT2D eigenvalue weighted by Gasteiger charge is -2.32. The number of nitrogens with zero attached hydrogens (tertiary/aromatic N) is 4. The summed E-state index contributed by atoms with van der Waals surface area (Å²) in [7, 11) is 0. The molecule has 0 unspecified atom stereocenters. The van der Waals surface area contributed by atoms with Crippen molar-refractivity contribution in [2.75, 3.05) is 5.75 Å². The molecule has 2 fully saturated rings. The molecule has 4 heterocycles. The highest BCUT2D eigenvalue weighted by atomic mass is 32.2. The average Bonchev–Trinajstić information content (AvgIpc) is 3.40. The molecule has 3 atom stereocenters. The van der Waals surface area contributed by atoms with Crippen LogP contribution in [0.4, 0.5) is 0 Å². The molecule has 0 radical (unpaired) electrons. The molecule has 3 aliphatic rings. The van der Waals surface area contributed by atoms with E-state index < -0.39 is 0 Å². The van der Waals surface area contributed by atoms with Crippen LogP contribution in [0.15, 0.2) is 35.5 Å². The van der Waals surface area contributed by atoms with Crippen LogP contribution in [-0.4, -0.2) is 31.4 Å². The van der Waals surface area contributed by atoms with Crippen LogP contribution in [0.25, 0.3) is 0 Å². The van der Waals surface area contributed by atoms with Gasteiger partial charge in [-0.05, 0) is 56.9 Å². The molecule has 0 N–H and O–H groups in total. The number of hydrogen-bond acceptors (Lipinski definition) is 4. The smallest absolute Gasteiger partial charge is 0.160 e. The van der Waals surface area contributed by atoms with Crippen LogP contribution in [0.5, 0.6) is 0 Å². The summed E-state index contributed by atoms with van der Waals surface area (Å²) in [6.45, 7) is 6.95. The van der Waals surface area contributed by atoms with Crippen molar-refractivity contribution >= 4 is 16.9 Å². The zero-order valence-electron chi connectivity index (χ0n) is 17.8. The third-order valence-corrected chi connectivity index (χ3v) is 8.24. The number of hydrogen-bond donors (Lipinski definition) is 0. The molecule has 0 aromatic carbocycles. The number of aromatic nitrogens is 2. The molecule has 4 nitrogen and oxygen atoms in total. The lowest BCUT2D eigenvalue weighted by Crippen LogP contribution is -2.35. The molecule has 2 aromatic heterocycles. The maximum Gasteiger partial charge on any atom is 0.160 e. The Balaban J connectivity index is 1.58. The normalized spacial score (nSPS) is 27.3. The van der Waals surface area contributed by atoms with E-state index in [1.165, 1.54) is 60.6 Å². The van der Waals surface area contributed by atoms with Crippen LogP contribution < -0.4 is 0 Å². The van der Waals surface area contributed by atoms with E-state index in [9.17, 15) is 0 Å². The van der Waals surface area contributed by atoms with E-state index in [1.807, 2.05) is 24.0 Å². The first-order valence-corrected chi connectivity index (χ1v) is 12.3. The number of rotatable bonds is 4. The highest BCUT2D eigenvalue weighted by Gasteiger charge is 2.46. The molecular formula is C24H32N4S. The van der Waals surface area contributed by atoms with Gasteiger partial charge in [0.1, 0.15) is 6.04 Å². The van der Waals surface area contributed by atoms with Crippen molar-refractivity contribution < 1.29 is 0 Å². The van der Waals surface area contributed by atoms with Gasteiger partial charge in [0, 0.05) is 35.4 Å². The monoisotopic (exact) mass is 408 g/mol. The van der Waals surface area contributed by atoms with Gasteiger partial charge in [-0.1, -0.05) is 44.0 Å². The van der Waals surface area contributed by atoms with E-state index in [-0.39, 0.29) is 12.1 Å². The van der Waals surface area contributed by atoms with Crippen molar-refractivity contribution in [3.63, 3.8) is 0 Å². The number of amidine groups is 1. The first-order valence-electron chi connectivity index (χ1n) is 11.3. The first kappa shape index (κ1) is 19.2. The quantitative estimate of drug-likeness (QED) is 0.623. The molecule has 0 spiro atoms. The summed E-state index contributed by atoms with van der Waals surface area (Å²) in [4.78, 5) is 12.5. The third-order valence-electron chi connectivity index (χ3n) is 7.11. The molecule has 1 saturated carbocycles. The van der Waals surface area contributed by atoms with Gasteiger partial charge in [-0.3, -0.25) is 9.98 Å². The second-order valence-corrected chi connectivity index (χ2v) is 9.81. The number of aliphatic imine (C=N–C) groups is 1. The van der Waals surface area contributed by atoms with Crippen molar-refractivity contribution in [2.45, 2.75) is 83.5 Å². The number of fused-ring (bicyclic) bond motifs is 1. The Morgan fingerprint density at radius 3 is 2.69 bits per heavy atom. The fourth-order valence-corrected chi connectivity index (χ4v) is 7.03. The Labute approximate surface area is 178 Å². The summed E-state index contributed by atoms with van der Waals surface area (Å²) < 4.78 is 2.64. The minimum atomic E-state index is 0.0911. The van der Waals surface area contributed by atoms with Crippen molar-refractivity contribution in [1.82, 2.24) is 14.5 Å². The molecule has 0 amide bonds. The average molecular weight is 409 g/mol. The number of pyridine rings is 1. The summed E-state index contributed by atoms with van der Waals surface area (Å²) >= 11 is 1.93. The van der Waals surface area contributed by atoms with Gasteiger partial charge in [-0.15, -0.1) is 0 Å². The molecule has 2 aromatic rings. The van der Waals surface area contributed by atoms with E-state index in [1.54, 1.807) is 0 Å². The van der Waals surface area contributed by atoms with E-state index in [2.05, 4.69) is 48.4 Å². The van der Waals surface area contributed by atoms with Crippen molar-refractivity contribution in [2.24, 2.45) is 4.99 Å². The summed E-state index contributed by atoms with van der Waals surface area (Å²) in [6, 6.07) is 10.3. The van der Waals surface area contributed by atoms with Crippen LogP contribution in [0.1, 0.15) is 86.2 Å². The zero-order valence-corrected chi connectivity index (χ0v) is 18.7. The minimum absolute atomic E-state index is 0.0911. The van der Waals surface area contributed by atoms with Gasteiger partial charge in [0.2, 0.25) is 0 Å². The van der Waals surface area contributed by atoms with Crippen LogP contribution in [0.3, 0.4) is 0 Å². The molecule has 1 aliphatic carbocycles. The van der Waals surface area contributed by atoms with Crippen molar-refractivity contribution in [3.05, 3.63) is 53.1 Å². The molecule has 154 valence electrons. The van der Waals surface area contributed by atoms with Crippen molar-refractivity contribution in [3.8, 4) is 0 Å². The van der Waals surface area contributed by atoms with Gasteiger partial charge in [0.15, 0.2) is 5.17 Å². The molecule has 2 aliphatic heterocycles. The summed E-state index contributed by atoms with van der Waals surface area (Å²) in [5.74, 6) is 1.15. The van der Waals surface area contributed by atoms with Gasteiger partial charge >= 0.3 is 0 Å². The molecular weight excluding hydrogens is 376 g/mol. The Morgan fingerprint density at radius 2 is 1.97 bits per heavy atom. The predicted molar refractivity (Wildman–Crippen MR) is 122 cm³/mol. The Kier molecular flexibility index (Phi) is 5.19. The predicted octanol–water partition coefficient (Wildman–Crippen LogP) is 5.98. The zero-order chi connectivity index (χ0) is 20.0. The maximum atomic E-state index is 5.20. The van der Waals surface area contributed by atoms with E-state index in [0.717, 1.165) is 11.4 Å². The van der Waals surface area contributed by atoms with Gasteiger partial charge in [-0.2, -0.15) is 0 Å². The second kappa shape index (κ2) is 7.82. The van der Waals surface area contributed by atoms with E-state index in [0.29, 0.717) is 12.1 Å². The molecule has 5 rings (SSSR count). The molecule has 0 bridgehead atoms. The van der Waals surface area contributed by atoms with E-state index >= 15 is 0 Å². The van der Waals surface area contributed by atoms with Crippen LogP contribution >= 0.6 is 11.8 Å². The Morgan fingerprint density at radius 1 is 1.14 bits per heavy atom. The summed E-state index contributed by atoms with van der Waals surface area (Å²) in [6.07, 6.45) is 9.85. The maximum absolute atomic E-state index is 5.20. The molecule has 29 heavy (non-hydrogen) atoms.